The van der Waals surface area contributed by atoms with Crippen molar-refractivity contribution >= 4 is 23.2 Å². The van der Waals surface area contributed by atoms with E-state index in [0.717, 1.165) is 23.1 Å². The highest BCUT2D eigenvalue weighted by Crippen LogP contribution is 2.44. The molecule has 4 heteroatoms. The van der Waals surface area contributed by atoms with Crippen molar-refractivity contribution in [2.45, 2.75) is 38.6 Å². The van der Waals surface area contributed by atoms with Crippen molar-refractivity contribution in [3.8, 4) is 0 Å². The van der Waals surface area contributed by atoms with Gasteiger partial charge < -0.3 is 10.6 Å². The maximum absolute atomic E-state index is 12.1. The van der Waals surface area contributed by atoms with E-state index in [1.807, 2.05) is 25.1 Å². The van der Waals surface area contributed by atoms with Gasteiger partial charge in [0.05, 0.1) is 17.3 Å². The molecule has 2 fully saturated rings. The lowest BCUT2D eigenvalue weighted by Gasteiger charge is -2.18. The van der Waals surface area contributed by atoms with Gasteiger partial charge >= 0.3 is 0 Å². The third-order valence-corrected chi connectivity index (χ3v) is 4.46. The number of amides is 1. The molecule has 0 atom stereocenters. The van der Waals surface area contributed by atoms with Gasteiger partial charge in [-0.1, -0.05) is 17.7 Å². The van der Waals surface area contributed by atoms with Crippen molar-refractivity contribution in [1.29, 1.82) is 0 Å². The van der Waals surface area contributed by atoms with Crippen LogP contribution in [0.1, 0.15) is 31.2 Å². The normalized spacial score (nSPS) is 18.1. The van der Waals surface area contributed by atoms with E-state index in [-0.39, 0.29) is 5.91 Å². The van der Waals surface area contributed by atoms with Gasteiger partial charge in [-0.25, -0.2) is 0 Å². The fraction of sp³-hybridized carbons (Fsp3) is 0.562. The minimum Gasteiger partial charge on any atom is -0.375 e. The standard InChI is InChI=1S/C16H21ClN2O/c1-10-2-7-14(13(17)8-10)18-9-15(20)19-16(11-3-4-11)12-5-6-12/h2,7-8,11-12,16,18H,3-6,9H2,1H3,(H,19,20). The van der Waals surface area contributed by atoms with Crippen molar-refractivity contribution in [2.24, 2.45) is 11.8 Å². The number of carbonyl (C=O) groups excluding carboxylic acids is 1. The molecule has 0 aliphatic heterocycles. The molecule has 1 aromatic rings. The molecule has 0 radical (unpaired) electrons. The molecule has 20 heavy (non-hydrogen) atoms. The van der Waals surface area contributed by atoms with Crippen LogP contribution in [0, 0.1) is 18.8 Å². The first-order valence-corrected chi connectivity index (χ1v) is 7.80. The molecule has 108 valence electrons. The Balaban J connectivity index is 1.51. The number of anilines is 1. The summed E-state index contributed by atoms with van der Waals surface area (Å²) in [6, 6.07) is 6.23. The Kier molecular flexibility index (Phi) is 3.88. The van der Waals surface area contributed by atoms with E-state index in [2.05, 4.69) is 10.6 Å². The van der Waals surface area contributed by atoms with Crippen LogP contribution in [0.3, 0.4) is 0 Å². The Bertz CT molecular complexity index is 497. The largest absolute Gasteiger partial charge is 0.375 e. The van der Waals surface area contributed by atoms with Gasteiger partial charge in [-0.2, -0.15) is 0 Å². The Morgan fingerprint density at radius 3 is 2.50 bits per heavy atom. The van der Waals surface area contributed by atoms with E-state index in [1.165, 1.54) is 25.7 Å². The van der Waals surface area contributed by atoms with Gasteiger partial charge in [0.1, 0.15) is 0 Å². The van der Waals surface area contributed by atoms with Gasteiger partial charge in [-0.05, 0) is 62.1 Å². The second-order valence-corrected chi connectivity index (χ2v) is 6.51. The van der Waals surface area contributed by atoms with Crippen LogP contribution in [0.15, 0.2) is 18.2 Å². The predicted octanol–water partition coefficient (Wildman–Crippen LogP) is 3.37. The highest BCUT2D eigenvalue weighted by atomic mass is 35.5. The van der Waals surface area contributed by atoms with E-state index < -0.39 is 0 Å². The van der Waals surface area contributed by atoms with Gasteiger partial charge in [0, 0.05) is 6.04 Å². The molecule has 2 aliphatic rings. The van der Waals surface area contributed by atoms with Crippen molar-refractivity contribution in [1.82, 2.24) is 5.32 Å². The number of benzene rings is 1. The molecule has 1 aromatic carbocycles. The fourth-order valence-corrected chi connectivity index (χ4v) is 3.01. The second-order valence-electron chi connectivity index (χ2n) is 6.11. The third kappa shape index (κ3) is 3.45. The molecule has 3 rings (SSSR count). The first-order valence-electron chi connectivity index (χ1n) is 7.43. The van der Waals surface area contributed by atoms with Gasteiger partial charge in [0.2, 0.25) is 5.91 Å². The Hall–Kier alpha value is -1.22. The number of rotatable bonds is 6. The highest BCUT2D eigenvalue weighted by Gasteiger charge is 2.42. The first kappa shape index (κ1) is 13.7. The monoisotopic (exact) mass is 292 g/mol. The van der Waals surface area contributed by atoms with Crippen LogP contribution in [-0.2, 0) is 4.79 Å². The molecule has 0 bridgehead atoms. The lowest BCUT2D eigenvalue weighted by Crippen LogP contribution is -2.41. The van der Waals surface area contributed by atoms with Crippen LogP contribution >= 0.6 is 11.6 Å². The number of halogens is 1. The first-order chi connectivity index (χ1) is 9.63. The lowest BCUT2D eigenvalue weighted by molar-refractivity contribution is -0.120. The summed E-state index contributed by atoms with van der Waals surface area (Å²) in [4.78, 5) is 12.1. The van der Waals surface area contributed by atoms with Gasteiger partial charge in [-0.3, -0.25) is 4.79 Å². The van der Waals surface area contributed by atoms with E-state index in [0.29, 0.717) is 17.6 Å². The SMILES string of the molecule is Cc1ccc(NCC(=O)NC(C2CC2)C2CC2)c(Cl)c1. The maximum Gasteiger partial charge on any atom is 0.239 e. The van der Waals surface area contributed by atoms with Crippen molar-refractivity contribution in [3.05, 3.63) is 28.8 Å². The van der Waals surface area contributed by atoms with Gasteiger partial charge in [0.25, 0.3) is 0 Å². The predicted molar refractivity (Wildman–Crippen MR) is 82.1 cm³/mol. The van der Waals surface area contributed by atoms with E-state index >= 15 is 0 Å². The summed E-state index contributed by atoms with van der Waals surface area (Å²) in [6.07, 6.45) is 5.11. The number of nitrogens with one attached hydrogen (secondary N) is 2. The summed E-state index contributed by atoms with van der Waals surface area (Å²) in [7, 11) is 0. The quantitative estimate of drug-likeness (QED) is 0.844. The molecule has 0 spiro atoms. The van der Waals surface area contributed by atoms with Gasteiger partial charge in [0.15, 0.2) is 0 Å². The maximum atomic E-state index is 12.1. The Morgan fingerprint density at radius 1 is 1.30 bits per heavy atom. The fourth-order valence-electron chi connectivity index (χ4n) is 2.71. The van der Waals surface area contributed by atoms with Gasteiger partial charge in [-0.15, -0.1) is 0 Å². The van der Waals surface area contributed by atoms with Crippen molar-refractivity contribution < 1.29 is 4.79 Å². The van der Waals surface area contributed by atoms with E-state index in [1.54, 1.807) is 0 Å². The number of aryl methyl sites for hydroxylation is 1. The molecule has 0 heterocycles. The second kappa shape index (κ2) is 5.65. The zero-order chi connectivity index (χ0) is 14.1. The van der Waals surface area contributed by atoms with E-state index in [9.17, 15) is 4.79 Å². The molecule has 2 N–H and O–H groups in total. The summed E-state index contributed by atoms with van der Waals surface area (Å²) in [5, 5.41) is 6.98. The van der Waals surface area contributed by atoms with E-state index in [4.69, 9.17) is 11.6 Å². The van der Waals surface area contributed by atoms with Crippen LogP contribution in [0.4, 0.5) is 5.69 Å². The molecule has 2 aliphatic carbocycles. The van der Waals surface area contributed by atoms with Crippen LogP contribution in [0.2, 0.25) is 5.02 Å². The topological polar surface area (TPSA) is 41.1 Å². The van der Waals surface area contributed by atoms with Crippen LogP contribution in [-0.4, -0.2) is 18.5 Å². The van der Waals surface area contributed by atoms with Crippen molar-refractivity contribution in [3.63, 3.8) is 0 Å². The van der Waals surface area contributed by atoms with Crippen molar-refractivity contribution in [2.75, 3.05) is 11.9 Å². The molecule has 0 saturated heterocycles. The summed E-state index contributed by atoms with van der Waals surface area (Å²) in [5.74, 6) is 1.54. The zero-order valence-corrected chi connectivity index (χ0v) is 12.5. The molecular formula is C16H21ClN2O. The molecule has 1 amide bonds. The molecule has 0 unspecified atom stereocenters. The minimum absolute atomic E-state index is 0.0745. The average molecular weight is 293 g/mol. The Labute approximate surface area is 125 Å². The smallest absolute Gasteiger partial charge is 0.239 e. The summed E-state index contributed by atoms with van der Waals surface area (Å²) in [6.45, 7) is 2.29. The van der Waals surface area contributed by atoms with Crippen LogP contribution < -0.4 is 10.6 Å². The molecule has 2 saturated carbocycles. The average Bonchev–Trinajstić information content (AvgIpc) is 3.28. The van der Waals surface area contributed by atoms with Crippen LogP contribution in [0.25, 0.3) is 0 Å². The third-order valence-electron chi connectivity index (χ3n) is 4.15. The molecular weight excluding hydrogens is 272 g/mol. The number of hydrogen-bond acceptors (Lipinski definition) is 2. The summed E-state index contributed by atoms with van der Waals surface area (Å²) in [5.41, 5.74) is 1.94. The van der Waals surface area contributed by atoms with Crippen LogP contribution in [0.5, 0.6) is 0 Å². The summed E-state index contributed by atoms with van der Waals surface area (Å²) >= 11 is 6.15. The Morgan fingerprint density at radius 2 is 1.95 bits per heavy atom. The lowest BCUT2D eigenvalue weighted by atomic mass is 10.1. The number of hydrogen-bond donors (Lipinski definition) is 2. The minimum atomic E-state index is 0.0745. The summed E-state index contributed by atoms with van der Waals surface area (Å²) < 4.78 is 0. The molecule has 3 nitrogen and oxygen atoms in total. The molecule has 0 aromatic heterocycles. The zero-order valence-electron chi connectivity index (χ0n) is 11.8. The highest BCUT2D eigenvalue weighted by molar-refractivity contribution is 6.33. The number of carbonyl (C=O) groups is 1.